The molecule has 0 amide bonds. The maximum Gasteiger partial charge on any atom is 0.335 e. The van der Waals surface area contributed by atoms with Gasteiger partial charge in [-0.2, -0.15) is 0 Å². The summed E-state index contributed by atoms with van der Waals surface area (Å²) < 4.78 is 27.1. The Morgan fingerprint density at radius 3 is 1.08 bits per heavy atom. The van der Waals surface area contributed by atoms with Gasteiger partial charge >= 0.3 is 23.9 Å². The first-order chi connectivity index (χ1) is 17.3. The van der Waals surface area contributed by atoms with E-state index in [4.69, 9.17) is 23.7 Å². The summed E-state index contributed by atoms with van der Waals surface area (Å²) in [7, 11) is 0. The summed E-state index contributed by atoms with van der Waals surface area (Å²) in [6.07, 6.45) is -0.859. The van der Waals surface area contributed by atoms with Crippen LogP contribution in [0.15, 0.2) is 0 Å². The third-order valence-electron chi connectivity index (χ3n) is 4.82. The predicted octanol–water partition coefficient (Wildman–Crippen LogP) is 4.88. The van der Waals surface area contributed by atoms with E-state index in [1.165, 1.54) is 0 Å². The molecule has 2 unspecified atom stereocenters. The van der Waals surface area contributed by atoms with Crippen molar-refractivity contribution in [2.45, 2.75) is 106 Å². The Labute approximate surface area is 223 Å². The molecule has 0 bridgehead atoms. The monoisotopic (exact) mass is 530 g/mol. The lowest BCUT2D eigenvalue weighted by molar-refractivity contribution is -0.175. The summed E-state index contributed by atoms with van der Waals surface area (Å²) in [6.45, 7) is 16.5. The Bertz CT molecular complexity index is 615. The fourth-order valence-electron chi connectivity index (χ4n) is 2.89. The van der Waals surface area contributed by atoms with Crippen molar-refractivity contribution in [2.24, 2.45) is 23.7 Å². The fraction of sp³-hybridized carbons (Fsp3) is 0.857. The van der Waals surface area contributed by atoms with Crippen molar-refractivity contribution < 1.29 is 42.9 Å². The minimum atomic E-state index is -1.05. The Kier molecular flexibility index (Phi) is 18.7. The maximum atomic E-state index is 12.8. The third-order valence-corrected chi connectivity index (χ3v) is 4.82. The molecule has 9 heteroatoms. The minimum absolute atomic E-state index is 0.119. The van der Waals surface area contributed by atoms with Crippen LogP contribution in [-0.2, 0) is 42.9 Å². The fourth-order valence-corrected chi connectivity index (χ4v) is 2.89. The summed E-state index contributed by atoms with van der Waals surface area (Å²) >= 11 is 0. The highest BCUT2D eigenvalue weighted by Crippen LogP contribution is 2.17. The zero-order chi connectivity index (χ0) is 28.4. The second-order valence-electron chi connectivity index (χ2n) is 11.1. The molecule has 0 aromatic carbocycles. The van der Waals surface area contributed by atoms with E-state index < -0.39 is 24.1 Å². The van der Waals surface area contributed by atoms with Crippen LogP contribution in [0, 0.1) is 23.7 Å². The molecular formula is C28H50O9. The highest BCUT2D eigenvalue weighted by Gasteiger charge is 2.30. The Balaban J connectivity index is 5.27. The minimum Gasteiger partial charge on any atom is -0.465 e. The molecule has 9 nitrogen and oxygen atoms in total. The van der Waals surface area contributed by atoms with Gasteiger partial charge in [0.2, 0.25) is 0 Å². The molecule has 0 rings (SSSR count). The summed E-state index contributed by atoms with van der Waals surface area (Å²) in [5.41, 5.74) is 0. The maximum absolute atomic E-state index is 12.8. The van der Waals surface area contributed by atoms with E-state index in [1.807, 2.05) is 55.4 Å². The van der Waals surface area contributed by atoms with Gasteiger partial charge in [-0.05, 0) is 49.4 Å². The molecule has 0 heterocycles. The van der Waals surface area contributed by atoms with Gasteiger partial charge in [-0.1, -0.05) is 55.4 Å². The van der Waals surface area contributed by atoms with Gasteiger partial charge in [-0.15, -0.1) is 0 Å². The molecule has 0 aromatic heterocycles. The summed E-state index contributed by atoms with van der Waals surface area (Å²) in [5, 5.41) is 0. The van der Waals surface area contributed by atoms with Gasteiger partial charge < -0.3 is 23.7 Å². The van der Waals surface area contributed by atoms with Crippen LogP contribution in [0.3, 0.4) is 0 Å². The Hall–Kier alpha value is -2.16. The van der Waals surface area contributed by atoms with Crippen LogP contribution < -0.4 is 0 Å². The van der Waals surface area contributed by atoms with E-state index in [0.29, 0.717) is 26.1 Å². The predicted molar refractivity (Wildman–Crippen MR) is 140 cm³/mol. The van der Waals surface area contributed by atoms with E-state index in [9.17, 15) is 19.2 Å². The molecule has 2 atom stereocenters. The summed E-state index contributed by atoms with van der Waals surface area (Å²) in [4.78, 5) is 49.6. The average Bonchev–Trinajstić information content (AvgIpc) is 2.81. The quantitative estimate of drug-likeness (QED) is 0.160. The van der Waals surface area contributed by atoms with Crippen LogP contribution in [0.1, 0.15) is 93.9 Å². The first-order valence-electron chi connectivity index (χ1n) is 13.6. The first-order valence-corrected chi connectivity index (χ1v) is 13.6. The summed E-state index contributed by atoms with van der Waals surface area (Å²) in [6, 6.07) is 0. The smallest absolute Gasteiger partial charge is 0.335 e. The van der Waals surface area contributed by atoms with Gasteiger partial charge in [0.05, 0.1) is 26.4 Å². The normalized spacial score (nSPS) is 13.1. The lowest BCUT2D eigenvalue weighted by Gasteiger charge is -2.23. The molecule has 0 radical (unpaired) electrons. The highest BCUT2D eigenvalue weighted by molar-refractivity contribution is 5.78. The van der Waals surface area contributed by atoms with Crippen molar-refractivity contribution in [2.75, 3.05) is 26.4 Å². The largest absolute Gasteiger partial charge is 0.465 e. The van der Waals surface area contributed by atoms with Gasteiger partial charge in [0.25, 0.3) is 0 Å². The van der Waals surface area contributed by atoms with E-state index in [0.717, 1.165) is 0 Å². The second-order valence-corrected chi connectivity index (χ2v) is 11.1. The van der Waals surface area contributed by atoms with Crippen molar-refractivity contribution in [3.05, 3.63) is 0 Å². The van der Waals surface area contributed by atoms with Crippen molar-refractivity contribution in [3.8, 4) is 0 Å². The SMILES string of the molecule is CC(C)COC(=O)CCCC(OC(CCCC(=O)OCC(C)C)C(=O)OCC(C)C)C(=O)OCC(C)C. The van der Waals surface area contributed by atoms with Crippen LogP contribution in [0.5, 0.6) is 0 Å². The molecule has 0 aliphatic rings. The molecular weight excluding hydrogens is 480 g/mol. The van der Waals surface area contributed by atoms with Crippen LogP contribution in [-0.4, -0.2) is 62.5 Å². The number of hydrogen-bond donors (Lipinski definition) is 0. The van der Waals surface area contributed by atoms with E-state index in [-0.39, 0.29) is 74.5 Å². The number of esters is 4. The third kappa shape index (κ3) is 19.6. The molecule has 0 spiro atoms. The number of hydrogen-bond acceptors (Lipinski definition) is 9. The summed E-state index contributed by atoms with van der Waals surface area (Å²) in [5.74, 6) is -1.19. The first kappa shape index (κ1) is 34.8. The molecule has 0 aromatic rings. The van der Waals surface area contributed by atoms with Gasteiger partial charge in [0, 0.05) is 12.8 Å². The molecule has 0 N–H and O–H groups in total. The van der Waals surface area contributed by atoms with Crippen molar-refractivity contribution in [3.63, 3.8) is 0 Å². The van der Waals surface area contributed by atoms with Crippen LogP contribution >= 0.6 is 0 Å². The van der Waals surface area contributed by atoms with Gasteiger partial charge in [-0.25, -0.2) is 9.59 Å². The number of carbonyl (C=O) groups is 4. The number of rotatable bonds is 20. The van der Waals surface area contributed by atoms with Crippen molar-refractivity contribution in [1.29, 1.82) is 0 Å². The van der Waals surface area contributed by atoms with Crippen LogP contribution in [0.4, 0.5) is 0 Å². The van der Waals surface area contributed by atoms with E-state index in [2.05, 4.69) is 0 Å². The van der Waals surface area contributed by atoms with Crippen molar-refractivity contribution >= 4 is 23.9 Å². The van der Waals surface area contributed by atoms with Gasteiger partial charge in [0.15, 0.2) is 12.2 Å². The van der Waals surface area contributed by atoms with E-state index >= 15 is 0 Å². The van der Waals surface area contributed by atoms with Gasteiger partial charge in [0.1, 0.15) is 0 Å². The molecule has 0 saturated carbocycles. The Morgan fingerprint density at radius 2 is 0.784 bits per heavy atom. The Morgan fingerprint density at radius 1 is 0.486 bits per heavy atom. The van der Waals surface area contributed by atoms with Crippen LogP contribution in [0.2, 0.25) is 0 Å². The topological polar surface area (TPSA) is 114 Å². The molecule has 0 aliphatic heterocycles. The van der Waals surface area contributed by atoms with E-state index in [1.54, 1.807) is 0 Å². The second kappa shape index (κ2) is 19.9. The molecule has 0 fully saturated rings. The average molecular weight is 531 g/mol. The zero-order valence-electron chi connectivity index (χ0n) is 24.2. The highest BCUT2D eigenvalue weighted by atomic mass is 16.6. The molecule has 0 aliphatic carbocycles. The van der Waals surface area contributed by atoms with Crippen molar-refractivity contribution in [1.82, 2.24) is 0 Å². The number of carbonyl (C=O) groups excluding carboxylic acids is 4. The lowest BCUT2D eigenvalue weighted by Crippen LogP contribution is -2.37. The molecule has 216 valence electrons. The van der Waals surface area contributed by atoms with Crippen LogP contribution in [0.25, 0.3) is 0 Å². The molecule has 37 heavy (non-hydrogen) atoms. The molecule has 0 saturated heterocycles. The lowest BCUT2D eigenvalue weighted by atomic mass is 10.1. The zero-order valence-corrected chi connectivity index (χ0v) is 24.2. The van der Waals surface area contributed by atoms with Gasteiger partial charge in [-0.3, -0.25) is 9.59 Å². The number of ether oxygens (including phenoxy) is 5. The standard InChI is InChI=1S/C28H50O9/c1-19(2)15-33-25(29)13-9-11-23(27(31)35-17-21(5)6)37-24(28(32)36-18-22(7)8)12-10-14-26(30)34-16-20(3)4/h19-24H,9-18H2,1-8H3.